The summed E-state index contributed by atoms with van der Waals surface area (Å²) >= 11 is 1.33. The van der Waals surface area contributed by atoms with Gasteiger partial charge in [0.25, 0.3) is 5.91 Å². The molecule has 1 amide bonds. The Morgan fingerprint density at radius 3 is 2.68 bits per heavy atom. The van der Waals surface area contributed by atoms with E-state index in [1.54, 1.807) is 36.5 Å². The van der Waals surface area contributed by atoms with Gasteiger partial charge in [-0.25, -0.2) is 9.78 Å². The second kappa shape index (κ2) is 8.93. The van der Waals surface area contributed by atoms with Crippen molar-refractivity contribution in [2.75, 3.05) is 32.4 Å². The van der Waals surface area contributed by atoms with Crippen LogP contribution in [0.1, 0.15) is 10.4 Å². The molecule has 1 aromatic heterocycles. The average molecular weight is 362 g/mol. The third kappa shape index (κ3) is 4.87. The SMILES string of the molecule is COc1ccc(NC(=O)COC(=O)c2cccnc2SC)c(OC)c1. The van der Waals surface area contributed by atoms with E-state index in [1.165, 1.54) is 26.0 Å². The number of nitrogens with one attached hydrogen (secondary N) is 1. The van der Waals surface area contributed by atoms with Gasteiger partial charge in [0.15, 0.2) is 6.61 Å². The highest BCUT2D eigenvalue weighted by Gasteiger charge is 2.15. The van der Waals surface area contributed by atoms with E-state index in [4.69, 9.17) is 14.2 Å². The highest BCUT2D eigenvalue weighted by Crippen LogP contribution is 2.28. The first-order valence-corrected chi connectivity index (χ1v) is 8.49. The van der Waals surface area contributed by atoms with E-state index < -0.39 is 18.5 Å². The second-order valence-corrected chi connectivity index (χ2v) is 5.55. The number of carbonyl (C=O) groups excluding carboxylic acids is 2. The van der Waals surface area contributed by atoms with Crippen molar-refractivity contribution in [2.45, 2.75) is 5.03 Å². The quantitative estimate of drug-likeness (QED) is 0.598. The number of benzene rings is 1. The number of pyridine rings is 1. The minimum absolute atomic E-state index is 0.324. The topological polar surface area (TPSA) is 86.8 Å². The van der Waals surface area contributed by atoms with Gasteiger partial charge >= 0.3 is 5.97 Å². The Morgan fingerprint density at radius 1 is 1.20 bits per heavy atom. The van der Waals surface area contributed by atoms with E-state index in [-0.39, 0.29) is 0 Å². The molecule has 0 aliphatic heterocycles. The van der Waals surface area contributed by atoms with Crippen LogP contribution in [0.3, 0.4) is 0 Å². The summed E-state index contributed by atoms with van der Waals surface area (Å²) in [6, 6.07) is 8.21. The summed E-state index contributed by atoms with van der Waals surface area (Å²) in [5.74, 6) is -0.0425. The fourth-order valence-electron chi connectivity index (χ4n) is 2.01. The zero-order chi connectivity index (χ0) is 18.2. The van der Waals surface area contributed by atoms with Crippen molar-refractivity contribution in [3.8, 4) is 11.5 Å². The highest BCUT2D eigenvalue weighted by atomic mass is 32.2. The Balaban J connectivity index is 1.98. The normalized spacial score (nSPS) is 10.0. The molecule has 8 heteroatoms. The fraction of sp³-hybridized carbons (Fsp3) is 0.235. The number of aromatic nitrogens is 1. The molecule has 132 valence electrons. The van der Waals surface area contributed by atoms with Gasteiger partial charge < -0.3 is 19.5 Å². The van der Waals surface area contributed by atoms with E-state index in [0.717, 1.165) is 0 Å². The van der Waals surface area contributed by atoms with Crippen LogP contribution in [0.5, 0.6) is 11.5 Å². The van der Waals surface area contributed by atoms with Gasteiger partial charge in [0.2, 0.25) is 0 Å². The number of amides is 1. The van der Waals surface area contributed by atoms with Crippen LogP contribution < -0.4 is 14.8 Å². The van der Waals surface area contributed by atoms with Crippen molar-refractivity contribution in [3.63, 3.8) is 0 Å². The number of ether oxygens (including phenoxy) is 3. The van der Waals surface area contributed by atoms with Gasteiger partial charge in [-0.1, -0.05) is 0 Å². The van der Waals surface area contributed by atoms with Crippen molar-refractivity contribution in [1.29, 1.82) is 0 Å². The molecule has 2 rings (SSSR count). The van der Waals surface area contributed by atoms with Gasteiger partial charge in [-0.15, -0.1) is 11.8 Å². The minimum Gasteiger partial charge on any atom is -0.497 e. The standard InChI is InChI=1S/C17H18N2O5S/c1-22-11-6-7-13(14(9-11)23-2)19-15(20)10-24-17(21)12-5-4-8-18-16(12)25-3/h4-9H,10H2,1-3H3,(H,19,20). The lowest BCUT2D eigenvalue weighted by atomic mass is 10.2. The number of thioether (sulfide) groups is 1. The Bertz CT molecular complexity index is 766. The molecule has 7 nitrogen and oxygen atoms in total. The summed E-state index contributed by atoms with van der Waals surface area (Å²) < 4.78 is 15.4. The van der Waals surface area contributed by atoms with Crippen LogP contribution in [0.25, 0.3) is 0 Å². The number of hydrogen-bond acceptors (Lipinski definition) is 7. The van der Waals surface area contributed by atoms with Crippen LogP contribution in [0.4, 0.5) is 5.69 Å². The molecule has 0 saturated carbocycles. The molecule has 0 fully saturated rings. The third-order valence-corrected chi connectivity index (χ3v) is 3.91. The molecule has 2 aromatic rings. The summed E-state index contributed by atoms with van der Waals surface area (Å²) in [7, 11) is 3.02. The Kier molecular flexibility index (Phi) is 6.64. The Hall–Kier alpha value is -2.74. The lowest BCUT2D eigenvalue weighted by Gasteiger charge is -2.12. The molecular formula is C17H18N2O5S. The number of carbonyl (C=O) groups is 2. The number of rotatable bonds is 7. The van der Waals surface area contributed by atoms with Crippen LogP contribution in [0, 0.1) is 0 Å². The first-order chi connectivity index (χ1) is 12.1. The van der Waals surface area contributed by atoms with E-state index in [9.17, 15) is 9.59 Å². The van der Waals surface area contributed by atoms with Crippen LogP contribution in [0.15, 0.2) is 41.6 Å². The monoisotopic (exact) mass is 362 g/mol. The van der Waals surface area contributed by atoms with E-state index in [0.29, 0.717) is 27.8 Å². The molecule has 0 saturated heterocycles. The van der Waals surface area contributed by atoms with Gasteiger partial charge in [0, 0.05) is 12.3 Å². The predicted octanol–water partition coefficient (Wildman–Crippen LogP) is 2.62. The summed E-state index contributed by atoms with van der Waals surface area (Å²) in [5.41, 5.74) is 0.778. The van der Waals surface area contributed by atoms with Crippen molar-refractivity contribution >= 4 is 29.3 Å². The summed E-state index contributed by atoms with van der Waals surface area (Å²) in [6.07, 6.45) is 3.40. The highest BCUT2D eigenvalue weighted by molar-refractivity contribution is 7.98. The van der Waals surface area contributed by atoms with Crippen LogP contribution in [0.2, 0.25) is 0 Å². The van der Waals surface area contributed by atoms with Gasteiger partial charge in [0.1, 0.15) is 16.5 Å². The van der Waals surface area contributed by atoms with Gasteiger partial charge in [-0.2, -0.15) is 0 Å². The van der Waals surface area contributed by atoms with E-state index in [1.807, 2.05) is 6.26 Å². The lowest BCUT2D eigenvalue weighted by molar-refractivity contribution is -0.119. The fourth-order valence-corrected chi connectivity index (χ4v) is 2.54. The average Bonchev–Trinajstić information content (AvgIpc) is 2.66. The number of hydrogen-bond donors (Lipinski definition) is 1. The predicted molar refractivity (Wildman–Crippen MR) is 94.5 cm³/mol. The summed E-state index contributed by atoms with van der Waals surface area (Å²) in [5, 5.41) is 3.18. The summed E-state index contributed by atoms with van der Waals surface area (Å²) in [6.45, 7) is -0.420. The molecule has 0 aliphatic carbocycles. The van der Waals surface area contributed by atoms with Crippen molar-refractivity contribution in [2.24, 2.45) is 0 Å². The van der Waals surface area contributed by atoms with E-state index >= 15 is 0 Å². The molecule has 25 heavy (non-hydrogen) atoms. The maximum absolute atomic E-state index is 12.1. The molecule has 0 bridgehead atoms. The van der Waals surface area contributed by atoms with E-state index in [2.05, 4.69) is 10.3 Å². The second-order valence-electron chi connectivity index (χ2n) is 4.75. The molecule has 0 aliphatic rings. The Morgan fingerprint density at radius 2 is 2.00 bits per heavy atom. The van der Waals surface area contributed by atoms with Crippen LogP contribution >= 0.6 is 11.8 Å². The van der Waals surface area contributed by atoms with Crippen LogP contribution in [-0.2, 0) is 9.53 Å². The van der Waals surface area contributed by atoms with Crippen molar-refractivity contribution in [3.05, 3.63) is 42.1 Å². The molecule has 1 heterocycles. The van der Waals surface area contributed by atoms with Gasteiger partial charge in [0.05, 0.1) is 25.5 Å². The van der Waals surface area contributed by atoms with Crippen LogP contribution in [-0.4, -0.2) is 43.9 Å². The van der Waals surface area contributed by atoms with Crippen molar-refractivity contribution in [1.82, 2.24) is 4.98 Å². The number of anilines is 1. The number of nitrogens with zero attached hydrogens (tertiary/aromatic N) is 1. The number of methoxy groups -OCH3 is 2. The minimum atomic E-state index is -0.603. The smallest absolute Gasteiger partial charge is 0.341 e. The zero-order valence-corrected chi connectivity index (χ0v) is 14.9. The lowest BCUT2D eigenvalue weighted by Crippen LogP contribution is -2.21. The summed E-state index contributed by atoms with van der Waals surface area (Å²) in [4.78, 5) is 28.2. The molecule has 0 radical (unpaired) electrons. The maximum atomic E-state index is 12.1. The first-order valence-electron chi connectivity index (χ1n) is 7.27. The van der Waals surface area contributed by atoms with Crippen molar-refractivity contribution < 1.29 is 23.8 Å². The first kappa shape index (κ1) is 18.6. The third-order valence-electron chi connectivity index (χ3n) is 3.20. The molecular weight excluding hydrogens is 344 g/mol. The maximum Gasteiger partial charge on any atom is 0.341 e. The Labute approximate surface area is 149 Å². The van der Waals surface area contributed by atoms with Gasteiger partial charge in [-0.3, -0.25) is 4.79 Å². The molecule has 0 unspecified atom stereocenters. The number of esters is 1. The zero-order valence-electron chi connectivity index (χ0n) is 14.1. The van der Waals surface area contributed by atoms with Gasteiger partial charge in [-0.05, 0) is 30.5 Å². The largest absolute Gasteiger partial charge is 0.497 e. The molecule has 0 atom stereocenters. The molecule has 1 N–H and O–H groups in total. The molecule has 0 spiro atoms. The molecule has 1 aromatic carbocycles.